The summed E-state index contributed by atoms with van der Waals surface area (Å²) < 4.78 is 0. The third-order valence-corrected chi connectivity index (χ3v) is 4.02. The number of thioether (sulfide) groups is 1. The molecule has 0 aliphatic carbocycles. The Morgan fingerprint density at radius 2 is 2.00 bits per heavy atom. The molecule has 1 unspecified atom stereocenters. The van der Waals surface area contributed by atoms with Crippen LogP contribution in [-0.4, -0.2) is 23.9 Å². The van der Waals surface area contributed by atoms with Crippen LogP contribution in [0, 0.1) is 0 Å². The summed E-state index contributed by atoms with van der Waals surface area (Å²) in [4.78, 5) is 12.9. The van der Waals surface area contributed by atoms with Gasteiger partial charge in [-0.15, -0.1) is 11.8 Å². The van der Waals surface area contributed by atoms with Crippen molar-refractivity contribution < 1.29 is 9.90 Å². The number of anilines is 1. The van der Waals surface area contributed by atoms with Crippen molar-refractivity contribution in [3.8, 4) is 0 Å². The highest BCUT2D eigenvalue weighted by molar-refractivity contribution is 7.98. The number of carbonyl (C=O) groups is 1. The fourth-order valence-electron chi connectivity index (χ4n) is 1.87. The van der Waals surface area contributed by atoms with Crippen molar-refractivity contribution in [3.63, 3.8) is 0 Å². The summed E-state index contributed by atoms with van der Waals surface area (Å²) in [6, 6.07) is 14.1. The second-order valence-corrected chi connectivity index (χ2v) is 5.95. The number of hydrogen-bond donors (Lipinski definition) is 3. The number of rotatable bonds is 5. The van der Waals surface area contributed by atoms with E-state index in [2.05, 4.69) is 10.6 Å². The van der Waals surface area contributed by atoms with Crippen LogP contribution in [0.3, 0.4) is 0 Å². The van der Waals surface area contributed by atoms with Crippen LogP contribution in [0.15, 0.2) is 53.4 Å². The fraction of sp³-hybridized carbons (Fsp3) is 0.188. The molecule has 0 fully saturated rings. The van der Waals surface area contributed by atoms with Crippen LogP contribution >= 0.6 is 23.4 Å². The molecule has 0 radical (unpaired) electrons. The van der Waals surface area contributed by atoms with Crippen molar-refractivity contribution in [1.29, 1.82) is 0 Å². The largest absolute Gasteiger partial charge is 0.387 e. The number of aliphatic hydroxyl groups is 1. The van der Waals surface area contributed by atoms with Crippen molar-refractivity contribution in [2.45, 2.75) is 11.0 Å². The molecule has 2 aromatic carbocycles. The van der Waals surface area contributed by atoms with E-state index in [1.165, 1.54) is 0 Å². The minimum atomic E-state index is -0.777. The van der Waals surface area contributed by atoms with Crippen molar-refractivity contribution in [2.24, 2.45) is 0 Å². The molecule has 0 aromatic heterocycles. The molecule has 0 heterocycles. The van der Waals surface area contributed by atoms with Gasteiger partial charge in [-0.2, -0.15) is 0 Å². The average Bonchev–Trinajstić information content (AvgIpc) is 2.53. The van der Waals surface area contributed by atoms with Crippen LogP contribution in [0.1, 0.15) is 11.7 Å². The number of halogens is 1. The van der Waals surface area contributed by atoms with Gasteiger partial charge in [-0.1, -0.05) is 29.8 Å². The van der Waals surface area contributed by atoms with Gasteiger partial charge in [-0.05, 0) is 42.2 Å². The van der Waals surface area contributed by atoms with Crippen molar-refractivity contribution in [3.05, 3.63) is 59.1 Å². The Bertz CT molecular complexity index is 634. The van der Waals surface area contributed by atoms with E-state index in [1.54, 1.807) is 36.0 Å². The molecule has 0 aliphatic heterocycles. The van der Waals surface area contributed by atoms with Gasteiger partial charge in [0.25, 0.3) is 0 Å². The van der Waals surface area contributed by atoms with E-state index < -0.39 is 6.10 Å². The highest BCUT2D eigenvalue weighted by Gasteiger charge is 2.09. The Labute approximate surface area is 138 Å². The summed E-state index contributed by atoms with van der Waals surface area (Å²) in [5.41, 5.74) is 1.42. The summed E-state index contributed by atoms with van der Waals surface area (Å²) in [5.74, 6) is 0. The minimum Gasteiger partial charge on any atom is -0.387 e. The molecule has 2 aromatic rings. The third kappa shape index (κ3) is 4.94. The molecule has 1 atom stereocenters. The lowest BCUT2D eigenvalue weighted by molar-refractivity contribution is 0.175. The molecule has 6 heteroatoms. The SMILES string of the molecule is CSc1cccc(NC(=O)NCC(O)c2ccc(Cl)cc2)c1. The number of aliphatic hydroxyl groups excluding tert-OH is 1. The van der Waals surface area contributed by atoms with E-state index in [-0.39, 0.29) is 12.6 Å². The van der Waals surface area contributed by atoms with E-state index in [1.807, 2.05) is 30.5 Å². The highest BCUT2D eigenvalue weighted by Crippen LogP contribution is 2.19. The quantitative estimate of drug-likeness (QED) is 0.725. The zero-order valence-corrected chi connectivity index (χ0v) is 13.6. The maximum atomic E-state index is 11.8. The Morgan fingerprint density at radius 1 is 1.27 bits per heavy atom. The number of carbonyl (C=O) groups excluding carboxylic acids is 1. The molecule has 0 aliphatic rings. The number of benzene rings is 2. The maximum absolute atomic E-state index is 11.8. The summed E-state index contributed by atoms with van der Waals surface area (Å²) >= 11 is 7.40. The molecular formula is C16H17ClN2O2S. The first-order valence-electron chi connectivity index (χ1n) is 6.71. The normalized spacial score (nSPS) is 11.8. The van der Waals surface area contributed by atoms with Gasteiger partial charge in [0, 0.05) is 22.2 Å². The third-order valence-electron chi connectivity index (χ3n) is 3.04. The van der Waals surface area contributed by atoms with Crippen LogP contribution in [-0.2, 0) is 0 Å². The monoisotopic (exact) mass is 336 g/mol. The molecule has 22 heavy (non-hydrogen) atoms. The van der Waals surface area contributed by atoms with E-state index in [0.29, 0.717) is 16.3 Å². The van der Waals surface area contributed by atoms with Gasteiger partial charge >= 0.3 is 6.03 Å². The van der Waals surface area contributed by atoms with Gasteiger partial charge in [0.15, 0.2) is 0 Å². The Balaban J connectivity index is 1.85. The average molecular weight is 337 g/mol. The van der Waals surface area contributed by atoms with Crippen molar-refractivity contribution >= 4 is 35.1 Å². The molecule has 0 saturated heterocycles. The number of amides is 2. The van der Waals surface area contributed by atoms with E-state index in [4.69, 9.17) is 11.6 Å². The Kier molecular flexibility index (Phi) is 6.12. The first kappa shape index (κ1) is 16.7. The molecule has 116 valence electrons. The Hall–Kier alpha value is -1.69. The molecule has 2 amide bonds. The van der Waals surface area contributed by atoms with E-state index in [0.717, 1.165) is 4.90 Å². The molecule has 2 rings (SSSR count). The van der Waals surface area contributed by atoms with Crippen LogP contribution in [0.2, 0.25) is 5.02 Å². The predicted molar refractivity (Wildman–Crippen MR) is 91.7 cm³/mol. The molecule has 4 nitrogen and oxygen atoms in total. The highest BCUT2D eigenvalue weighted by atomic mass is 35.5. The molecule has 3 N–H and O–H groups in total. The molecular weight excluding hydrogens is 320 g/mol. The lowest BCUT2D eigenvalue weighted by atomic mass is 10.1. The van der Waals surface area contributed by atoms with Gasteiger partial charge in [-0.3, -0.25) is 0 Å². The van der Waals surface area contributed by atoms with Crippen molar-refractivity contribution in [2.75, 3.05) is 18.1 Å². The second-order valence-electron chi connectivity index (χ2n) is 4.63. The second kappa shape index (κ2) is 8.08. The fourth-order valence-corrected chi connectivity index (χ4v) is 2.45. The van der Waals surface area contributed by atoms with Gasteiger partial charge in [-0.25, -0.2) is 4.79 Å². The van der Waals surface area contributed by atoms with Gasteiger partial charge < -0.3 is 15.7 Å². The summed E-state index contributed by atoms with van der Waals surface area (Å²) in [6.45, 7) is 0.121. The first-order chi connectivity index (χ1) is 10.6. The molecule has 0 spiro atoms. The lowest BCUT2D eigenvalue weighted by Gasteiger charge is -2.13. The van der Waals surface area contributed by atoms with Gasteiger partial charge in [0.05, 0.1) is 6.10 Å². The van der Waals surface area contributed by atoms with Crippen LogP contribution in [0.4, 0.5) is 10.5 Å². The summed E-state index contributed by atoms with van der Waals surface area (Å²) in [6.07, 6.45) is 1.20. The topological polar surface area (TPSA) is 61.4 Å². The van der Waals surface area contributed by atoms with Crippen LogP contribution in [0.25, 0.3) is 0 Å². The first-order valence-corrected chi connectivity index (χ1v) is 8.31. The minimum absolute atomic E-state index is 0.121. The maximum Gasteiger partial charge on any atom is 0.319 e. The van der Waals surface area contributed by atoms with E-state index in [9.17, 15) is 9.90 Å². The van der Waals surface area contributed by atoms with E-state index >= 15 is 0 Å². The Morgan fingerprint density at radius 3 is 2.68 bits per heavy atom. The summed E-state index contributed by atoms with van der Waals surface area (Å²) in [5, 5.41) is 16.0. The smallest absolute Gasteiger partial charge is 0.319 e. The van der Waals surface area contributed by atoms with Crippen LogP contribution in [0.5, 0.6) is 0 Å². The summed E-state index contributed by atoms with van der Waals surface area (Å²) in [7, 11) is 0. The van der Waals surface area contributed by atoms with Crippen LogP contribution < -0.4 is 10.6 Å². The zero-order valence-electron chi connectivity index (χ0n) is 12.0. The molecule has 0 bridgehead atoms. The van der Waals surface area contributed by atoms with Gasteiger partial charge in [0.1, 0.15) is 0 Å². The number of urea groups is 1. The number of nitrogens with one attached hydrogen (secondary N) is 2. The lowest BCUT2D eigenvalue weighted by Crippen LogP contribution is -2.32. The predicted octanol–water partition coefficient (Wildman–Crippen LogP) is 3.92. The number of hydrogen-bond acceptors (Lipinski definition) is 3. The zero-order chi connectivity index (χ0) is 15.9. The molecule has 0 saturated carbocycles. The van der Waals surface area contributed by atoms with Crippen molar-refractivity contribution in [1.82, 2.24) is 5.32 Å². The van der Waals surface area contributed by atoms with Gasteiger partial charge in [0.2, 0.25) is 0 Å². The standard InChI is InChI=1S/C16H17ClN2O2S/c1-22-14-4-2-3-13(9-14)19-16(21)18-10-15(20)11-5-7-12(17)8-6-11/h2-9,15,20H,10H2,1H3,(H2,18,19,21).